The second-order valence-corrected chi connectivity index (χ2v) is 7.42. The number of ether oxygens (including phenoxy) is 1. The van der Waals surface area contributed by atoms with Crippen molar-refractivity contribution < 1.29 is 29.0 Å². The number of amides is 2. The summed E-state index contributed by atoms with van der Waals surface area (Å²) < 4.78 is 4.54. The highest BCUT2D eigenvalue weighted by Gasteiger charge is 2.52. The minimum Gasteiger partial charge on any atom is -0.481 e. The molecule has 0 spiro atoms. The van der Waals surface area contributed by atoms with Crippen molar-refractivity contribution in [3.05, 3.63) is 0 Å². The van der Waals surface area contributed by atoms with Crippen LogP contribution < -0.4 is 16.4 Å². The Morgan fingerprint density at radius 3 is 2.16 bits per heavy atom. The number of carbonyl (C=O) groups excluding carboxylic acids is 3. The van der Waals surface area contributed by atoms with E-state index in [0.29, 0.717) is 6.54 Å². The number of hydrogen-bond donors (Lipinski definition) is 4. The Labute approximate surface area is 146 Å². The lowest BCUT2D eigenvalue weighted by Gasteiger charge is -2.31. The van der Waals surface area contributed by atoms with E-state index in [2.05, 4.69) is 36.1 Å². The lowest BCUT2D eigenvalue weighted by Crippen LogP contribution is -2.56. The van der Waals surface area contributed by atoms with Gasteiger partial charge < -0.3 is 26.2 Å². The molecule has 0 bridgehead atoms. The molecule has 0 saturated heterocycles. The summed E-state index contributed by atoms with van der Waals surface area (Å²) in [5.74, 6) is -3.83. The Kier molecular flexibility index (Phi) is 6.53. The largest absolute Gasteiger partial charge is 0.481 e. The predicted molar refractivity (Wildman–Crippen MR) is 88.3 cm³/mol. The molecule has 1 unspecified atom stereocenters. The SMILES string of the molecule is COC(=O)C(NC(=O)[C@@H](N)CC(=O)O)C(=O)NCC1(C(C)(C)C)CC1. The minimum atomic E-state index is -1.58. The van der Waals surface area contributed by atoms with Gasteiger partial charge in [0.2, 0.25) is 11.9 Å². The van der Waals surface area contributed by atoms with Crippen LogP contribution in [0, 0.1) is 10.8 Å². The van der Waals surface area contributed by atoms with E-state index >= 15 is 0 Å². The van der Waals surface area contributed by atoms with Crippen LogP contribution in [0.4, 0.5) is 0 Å². The van der Waals surface area contributed by atoms with Gasteiger partial charge in [-0.15, -0.1) is 0 Å². The maximum atomic E-state index is 12.3. The first-order chi connectivity index (χ1) is 11.4. The van der Waals surface area contributed by atoms with Gasteiger partial charge in [-0.1, -0.05) is 20.8 Å². The molecule has 0 aromatic carbocycles. The number of aliphatic carboxylic acids is 1. The Hall–Kier alpha value is -2.16. The molecule has 5 N–H and O–H groups in total. The van der Waals surface area contributed by atoms with Crippen LogP contribution in [-0.2, 0) is 23.9 Å². The van der Waals surface area contributed by atoms with E-state index in [-0.39, 0.29) is 10.8 Å². The fourth-order valence-electron chi connectivity index (χ4n) is 2.58. The van der Waals surface area contributed by atoms with Crippen LogP contribution in [0.15, 0.2) is 0 Å². The van der Waals surface area contributed by atoms with Crippen molar-refractivity contribution in [2.24, 2.45) is 16.6 Å². The summed E-state index contributed by atoms with van der Waals surface area (Å²) in [6.07, 6.45) is 1.32. The Balaban J connectivity index is 2.72. The zero-order valence-electron chi connectivity index (χ0n) is 15.0. The third-order valence-corrected chi connectivity index (χ3v) is 4.76. The quantitative estimate of drug-likeness (QED) is 0.334. The van der Waals surface area contributed by atoms with E-state index in [0.717, 1.165) is 20.0 Å². The maximum Gasteiger partial charge on any atom is 0.338 e. The number of nitrogens with two attached hydrogens (primary N) is 1. The highest BCUT2D eigenvalue weighted by molar-refractivity contribution is 6.05. The van der Waals surface area contributed by atoms with E-state index in [1.807, 2.05) is 0 Å². The van der Waals surface area contributed by atoms with Gasteiger partial charge in [0.25, 0.3) is 5.91 Å². The van der Waals surface area contributed by atoms with Crippen molar-refractivity contribution in [2.45, 2.75) is 52.1 Å². The van der Waals surface area contributed by atoms with E-state index in [1.54, 1.807) is 0 Å². The minimum absolute atomic E-state index is 0.00582. The Bertz CT molecular complexity index is 551. The fourth-order valence-corrected chi connectivity index (χ4v) is 2.58. The number of esters is 1. The van der Waals surface area contributed by atoms with Crippen molar-refractivity contribution in [3.63, 3.8) is 0 Å². The first-order valence-electron chi connectivity index (χ1n) is 8.07. The summed E-state index contributed by atoms with van der Waals surface area (Å²) in [7, 11) is 1.09. The number of nitrogens with one attached hydrogen (secondary N) is 2. The molecule has 142 valence electrons. The number of carbonyl (C=O) groups is 4. The van der Waals surface area contributed by atoms with Crippen molar-refractivity contribution in [1.29, 1.82) is 0 Å². The lowest BCUT2D eigenvalue weighted by molar-refractivity contribution is -0.149. The van der Waals surface area contributed by atoms with Crippen LogP contribution >= 0.6 is 0 Å². The van der Waals surface area contributed by atoms with E-state index < -0.39 is 42.3 Å². The molecule has 0 aromatic rings. The fraction of sp³-hybridized carbons (Fsp3) is 0.750. The van der Waals surface area contributed by atoms with Gasteiger partial charge in [-0.2, -0.15) is 0 Å². The zero-order chi connectivity index (χ0) is 19.4. The molecule has 2 amide bonds. The molecule has 9 nitrogen and oxygen atoms in total. The standard InChI is InChI=1S/C16H27N3O6/c1-15(2,3)16(5-6-16)8-18-13(23)11(14(24)25-4)19-12(22)9(17)7-10(20)21/h9,11H,5-8,17H2,1-4H3,(H,18,23)(H,19,22)(H,20,21)/t9-,11?/m0/s1. The molecule has 0 heterocycles. The van der Waals surface area contributed by atoms with Gasteiger partial charge in [0.15, 0.2) is 0 Å². The zero-order valence-corrected chi connectivity index (χ0v) is 15.0. The molecule has 0 aliphatic heterocycles. The summed E-state index contributed by atoms with van der Waals surface area (Å²) in [6, 6.07) is -2.95. The second-order valence-electron chi connectivity index (χ2n) is 7.42. The van der Waals surface area contributed by atoms with Crippen LogP contribution in [0.2, 0.25) is 0 Å². The van der Waals surface area contributed by atoms with E-state index in [9.17, 15) is 19.2 Å². The summed E-state index contributed by atoms with van der Waals surface area (Å²) >= 11 is 0. The first-order valence-corrected chi connectivity index (χ1v) is 8.07. The molecule has 1 fully saturated rings. The smallest absolute Gasteiger partial charge is 0.338 e. The van der Waals surface area contributed by atoms with Crippen molar-refractivity contribution in [1.82, 2.24) is 10.6 Å². The molecule has 2 atom stereocenters. The normalized spacial score (nSPS) is 17.8. The van der Waals surface area contributed by atoms with Gasteiger partial charge in [-0.3, -0.25) is 14.4 Å². The van der Waals surface area contributed by atoms with Gasteiger partial charge in [0.05, 0.1) is 19.6 Å². The molecular formula is C16H27N3O6. The maximum absolute atomic E-state index is 12.3. The number of rotatable bonds is 8. The van der Waals surface area contributed by atoms with Crippen molar-refractivity contribution in [3.8, 4) is 0 Å². The number of methoxy groups -OCH3 is 1. The molecular weight excluding hydrogens is 330 g/mol. The van der Waals surface area contributed by atoms with Crippen molar-refractivity contribution in [2.75, 3.05) is 13.7 Å². The van der Waals surface area contributed by atoms with E-state index in [1.165, 1.54) is 0 Å². The Morgan fingerprint density at radius 1 is 1.20 bits per heavy atom. The summed E-state index contributed by atoms with van der Waals surface area (Å²) in [5, 5.41) is 13.5. The number of carboxylic acid groups (broad SMARTS) is 1. The molecule has 9 heteroatoms. The molecule has 25 heavy (non-hydrogen) atoms. The van der Waals surface area contributed by atoms with Gasteiger partial charge >= 0.3 is 11.9 Å². The van der Waals surface area contributed by atoms with Crippen molar-refractivity contribution >= 4 is 23.8 Å². The van der Waals surface area contributed by atoms with Crippen LogP contribution in [0.5, 0.6) is 0 Å². The lowest BCUT2D eigenvalue weighted by atomic mass is 9.77. The summed E-state index contributed by atoms with van der Waals surface area (Å²) in [6.45, 7) is 6.61. The first kappa shape index (κ1) is 20.9. The molecule has 0 aromatic heterocycles. The van der Waals surface area contributed by atoms with Gasteiger partial charge in [-0.05, 0) is 23.7 Å². The van der Waals surface area contributed by atoms with Crippen LogP contribution in [-0.4, -0.2) is 54.6 Å². The highest BCUT2D eigenvalue weighted by atomic mass is 16.5. The highest BCUT2D eigenvalue weighted by Crippen LogP contribution is 2.57. The number of hydrogen-bond acceptors (Lipinski definition) is 6. The van der Waals surface area contributed by atoms with Crippen LogP contribution in [0.1, 0.15) is 40.0 Å². The molecule has 1 saturated carbocycles. The monoisotopic (exact) mass is 357 g/mol. The Morgan fingerprint density at radius 2 is 1.76 bits per heavy atom. The van der Waals surface area contributed by atoms with Crippen LogP contribution in [0.25, 0.3) is 0 Å². The summed E-state index contributed by atoms with van der Waals surface area (Å²) in [5.41, 5.74) is 5.40. The van der Waals surface area contributed by atoms with Crippen LogP contribution in [0.3, 0.4) is 0 Å². The second kappa shape index (κ2) is 7.81. The van der Waals surface area contributed by atoms with Gasteiger partial charge in [-0.25, -0.2) is 4.79 Å². The molecule has 1 rings (SSSR count). The van der Waals surface area contributed by atoms with Gasteiger partial charge in [0.1, 0.15) is 0 Å². The van der Waals surface area contributed by atoms with Gasteiger partial charge in [0, 0.05) is 6.54 Å². The summed E-state index contributed by atoms with van der Waals surface area (Å²) in [4.78, 5) is 46.7. The third-order valence-electron chi connectivity index (χ3n) is 4.76. The average Bonchev–Trinajstić information content (AvgIpc) is 3.29. The van der Waals surface area contributed by atoms with E-state index in [4.69, 9.17) is 10.8 Å². The molecule has 1 aliphatic carbocycles. The third kappa shape index (κ3) is 5.42. The topological polar surface area (TPSA) is 148 Å². The average molecular weight is 357 g/mol. The number of carboxylic acids is 1. The predicted octanol–water partition coefficient (Wildman–Crippen LogP) is -0.611. The molecule has 0 radical (unpaired) electrons. The molecule has 1 aliphatic rings.